The fourth-order valence-corrected chi connectivity index (χ4v) is 1.50. The predicted molar refractivity (Wildman–Crippen MR) is 63.5 cm³/mol. The lowest BCUT2D eigenvalue weighted by atomic mass is 9.95. The number of ether oxygens (including phenoxy) is 1. The maximum absolute atomic E-state index is 10.0. The molecule has 0 heterocycles. The number of benzene rings is 1. The fourth-order valence-electron chi connectivity index (χ4n) is 1.50. The van der Waals surface area contributed by atoms with Crippen LogP contribution in [0.4, 0.5) is 0 Å². The Morgan fingerprint density at radius 1 is 1.31 bits per heavy atom. The summed E-state index contributed by atoms with van der Waals surface area (Å²) < 4.78 is 4.97. The molecule has 0 saturated carbocycles. The molecule has 1 atom stereocenters. The summed E-state index contributed by atoms with van der Waals surface area (Å²) in [4.78, 5) is 0. The van der Waals surface area contributed by atoms with Crippen molar-refractivity contribution < 1.29 is 14.9 Å². The van der Waals surface area contributed by atoms with Gasteiger partial charge in [-0.1, -0.05) is 24.3 Å². The first-order chi connectivity index (χ1) is 7.65. The molecule has 1 rings (SSSR count). The first-order valence-electron chi connectivity index (χ1n) is 4.94. The van der Waals surface area contributed by atoms with Gasteiger partial charge < -0.3 is 14.9 Å². The van der Waals surface area contributed by atoms with Gasteiger partial charge in [0.2, 0.25) is 0 Å². The van der Waals surface area contributed by atoms with E-state index < -0.39 is 6.10 Å². The summed E-state index contributed by atoms with van der Waals surface area (Å²) in [5.74, 6) is -0.0207. The van der Waals surface area contributed by atoms with E-state index in [1.54, 1.807) is 30.4 Å². The second kappa shape index (κ2) is 5.37. The second-order valence-corrected chi connectivity index (χ2v) is 3.39. The molecular weight excluding hydrogens is 204 g/mol. The van der Waals surface area contributed by atoms with Gasteiger partial charge in [-0.25, -0.2) is 0 Å². The van der Waals surface area contributed by atoms with Gasteiger partial charge in [-0.2, -0.15) is 0 Å². The molecule has 3 heteroatoms. The van der Waals surface area contributed by atoms with E-state index in [-0.39, 0.29) is 11.7 Å². The van der Waals surface area contributed by atoms with Crippen LogP contribution in [0.1, 0.15) is 11.7 Å². The number of methoxy groups -OCH3 is 1. The van der Waals surface area contributed by atoms with E-state index in [4.69, 9.17) is 4.74 Å². The lowest BCUT2D eigenvalue weighted by molar-refractivity contribution is 0.147. The Morgan fingerprint density at radius 2 is 1.94 bits per heavy atom. The number of rotatable bonds is 5. The number of phenolic OH excluding ortho intramolecular Hbond substituents is 1. The van der Waals surface area contributed by atoms with E-state index in [0.29, 0.717) is 11.3 Å². The Hall–Kier alpha value is -1.74. The number of phenols is 1. The van der Waals surface area contributed by atoms with E-state index in [9.17, 15) is 10.2 Å². The summed E-state index contributed by atoms with van der Waals surface area (Å²) in [6, 6.07) is 4.98. The van der Waals surface area contributed by atoms with Crippen molar-refractivity contribution in [2.75, 3.05) is 7.11 Å². The normalized spacial score (nSPS) is 12.2. The minimum atomic E-state index is -0.870. The molecule has 86 valence electrons. The molecule has 0 radical (unpaired) electrons. The van der Waals surface area contributed by atoms with Crippen LogP contribution in [0.2, 0.25) is 0 Å². The molecule has 16 heavy (non-hydrogen) atoms. The first kappa shape index (κ1) is 12.3. The van der Waals surface area contributed by atoms with Crippen molar-refractivity contribution in [1.29, 1.82) is 0 Å². The van der Waals surface area contributed by atoms with Gasteiger partial charge in [-0.05, 0) is 6.07 Å². The van der Waals surface area contributed by atoms with Crippen molar-refractivity contribution in [3.63, 3.8) is 0 Å². The molecule has 0 amide bonds. The van der Waals surface area contributed by atoms with Crippen LogP contribution in [0, 0.1) is 5.92 Å². The van der Waals surface area contributed by atoms with Crippen LogP contribution in [0.3, 0.4) is 0 Å². The Labute approximate surface area is 95.3 Å². The van der Waals surface area contributed by atoms with E-state index in [1.165, 1.54) is 7.11 Å². The van der Waals surface area contributed by atoms with E-state index >= 15 is 0 Å². The average molecular weight is 220 g/mol. The highest BCUT2D eigenvalue weighted by Crippen LogP contribution is 2.36. The zero-order valence-electron chi connectivity index (χ0n) is 9.26. The molecule has 0 spiro atoms. The summed E-state index contributed by atoms with van der Waals surface area (Å²) in [6.07, 6.45) is 2.29. The van der Waals surface area contributed by atoms with Gasteiger partial charge in [-0.3, -0.25) is 0 Å². The molecule has 1 aromatic rings. The van der Waals surface area contributed by atoms with E-state index in [2.05, 4.69) is 13.2 Å². The molecule has 0 saturated heterocycles. The van der Waals surface area contributed by atoms with Crippen molar-refractivity contribution in [2.45, 2.75) is 6.10 Å². The van der Waals surface area contributed by atoms with Crippen LogP contribution in [0.15, 0.2) is 43.5 Å². The lowest BCUT2D eigenvalue weighted by Crippen LogP contribution is -2.08. The highest BCUT2D eigenvalue weighted by Gasteiger charge is 2.20. The maximum Gasteiger partial charge on any atom is 0.163 e. The van der Waals surface area contributed by atoms with Crippen molar-refractivity contribution in [2.24, 2.45) is 5.92 Å². The maximum atomic E-state index is 10.0. The molecular formula is C13H16O3. The van der Waals surface area contributed by atoms with Gasteiger partial charge >= 0.3 is 0 Å². The van der Waals surface area contributed by atoms with Crippen LogP contribution in [-0.2, 0) is 0 Å². The largest absolute Gasteiger partial charge is 0.504 e. The smallest absolute Gasteiger partial charge is 0.163 e. The third kappa shape index (κ3) is 2.25. The SMILES string of the molecule is C=CC(C=C)C(O)c1cccc(OC)c1O. The van der Waals surface area contributed by atoms with Crippen LogP contribution < -0.4 is 4.74 Å². The predicted octanol–water partition coefficient (Wildman–Crippen LogP) is 2.42. The molecule has 1 unspecified atom stereocenters. The average Bonchev–Trinajstić information content (AvgIpc) is 2.30. The van der Waals surface area contributed by atoms with Crippen molar-refractivity contribution in [3.05, 3.63) is 49.1 Å². The lowest BCUT2D eigenvalue weighted by Gasteiger charge is -2.18. The number of aliphatic hydroxyl groups excluding tert-OH is 1. The quantitative estimate of drug-likeness (QED) is 0.749. The highest BCUT2D eigenvalue weighted by molar-refractivity contribution is 5.47. The molecule has 0 aliphatic rings. The van der Waals surface area contributed by atoms with Crippen molar-refractivity contribution in [1.82, 2.24) is 0 Å². The number of aromatic hydroxyl groups is 1. The summed E-state index contributed by atoms with van der Waals surface area (Å²) in [6.45, 7) is 7.21. The minimum Gasteiger partial charge on any atom is -0.504 e. The molecule has 0 aromatic heterocycles. The number of aliphatic hydroxyl groups is 1. The van der Waals surface area contributed by atoms with E-state index in [0.717, 1.165) is 0 Å². The highest BCUT2D eigenvalue weighted by atomic mass is 16.5. The van der Waals surface area contributed by atoms with Crippen LogP contribution in [0.5, 0.6) is 11.5 Å². The van der Waals surface area contributed by atoms with Gasteiger partial charge in [0.15, 0.2) is 11.5 Å². The molecule has 0 aliphatic carbocycles. The monoisotopic (exact) mass is 220 g/mol. The fraction of sp³-hybridized carbons (Fsp3) is 0.231. The molecule has 3 nitrogen and oxygen atoms in total. The Kier molecular flexibility index (Phi) is 4.14. The number of hydrogen-bond donors (Lipinski definition) is 2. The Morgan fingerprint density at radius 3 is 2.44 bits per heavy atom. The molecule has 0 aliphatic heterocycles. The zero-order valence-corrected chi connectivity index (χ0v) is 9.26. The molecule has 0 bridgehead atoms. The first-order valence-corrected chi connectivity index (χ1v) is 4.94. The standard InChI is InChI=1S/C13H16O3/c1-4-9(5-2)12(14)10-7-6-8-11(16-3)13(10)15/h4-9,12,14-15H,1-2H2,3H3. The second-order valence-electron chi connectivity index (χ2n) is 3.39. The van der Waals surface area contributed by atoms with Gasteiger partial charge in [0, 0.05) is 11.5 Å². The summed E-state index contributed by atoms with van der Waals surface area (Å²) in [7, 11) is 1.46. The van der Waals surface area contributed by atoms with Gasteiger partial charge in [0.25, 0.3) is 0 Å². The molecule has 2 N–H and O–H groups in total. The van der Waals surface area contributed by atoms with Crippen LogP contribution in [0.25, 0.3) is 0 Å². The van der Waals surface area contributed by atoms with Crippen molar-refractivity contribution in [3.8, 4) is 11.5 Å². The zero-order chi connectivity index (χ0) is 12.1. The molecule has 1 aromatic carbocycles. The third-order valence-electron chi connectivity index (χ3n) is 2.48. The number of hydrogen-bond acceptors (Lipinski definition) is 3. The van der Waals surface area contributed by atoms with Gasteiger partial charge in [0.05, 0.1) is 13.2 Å². The minimum absolute atomic E-state index is 0.0498. The van der Waals surface area contributed by atoms with Crippen LogP contribution in [-0.4, -0.2) is 17.3 Å². The third-order valence-corrected chi connectivity index (χ3v) is 2.48. The molecule has 0 fully saturated rings. The summed E-state index contributed by atoms with van der Waals surface area (Å²) in [5, 5.41) is 19.9. The number of para-hydroxylation sites is 1. The van der Waals surface area contributed by atoms with Crippen LogP contribution >= 0.6 is 0 Å². The summed E-state index contributed by atoms with van der Waals surface area (Å²) in [5.41, 5.74) is 0.407. The van der Waals surface area contributed by atoms with Crippen molar-refractivity contribution >= 4 is 0 Å². The summed E-state index contributed by atoms with van der Waals surface area (Å²) >= 11 is 0. The van der Waals surface area contributed by atoms with E-state index in [1.807, 2.05) is 0 Å². The van der Waals surface area contributed by atoms with Gasteiger partial charge in [0.1, 0.15) is 0 Å². The topological polar surface area (TPSA) is 49.7 Å². The Balaban J connectivity index is 3.12. The van der Waals surface area contributed by atoms with Gasteiger partial charge in [-0.15, -0.1) is 13.2 Å². The Bertz CT molecular complexity index is 377.